The number of nitrogens with zero attached hydrogens (tertiary/aromatic N) is 1. The lowest BCUT2D eigenvalue weighted by atomic mass is 10.1. The summed E-state index contributed by atoms with van der Waals surface area (Å²) in [6.45, 7) is 7.71. The van der Waals surface area contributed by atoms with Crippen LogP contribution in [0.3, 0.4) is 0 Å². The Bertz CT molecular complexity index is 686. The summed E-state index contributed by atoms with van der Waals surface area (Å²) in [7, 11) is 0. The number of hydrogen-bond donors (Lipinski definition) is 1. The highest BCUT2D eigenvalue weighted by Crippen LogP contribution is 2.26. The average molecular weight is 357 g/mol. The molecule has 1 aromatic heterocycles. The second-order valence-corrected chi connectivity index (χ2v) is 5.09. The van der Waals surface area contributed by atoms with Crippen LogP contribution >= 0.6 is 11.6 Å². The van der Waals surface area contributed by atoms with Crippen molar-refractivity contribution in [1.29, 1.82) is 0 Å². The van der Waals surface area contributed by atoms with E-state index in [1.165, 1.54) is 30.5 Å². The third-order valence-electron chi connectivity index (χ3n) is 2.95. The minimum Gasteiger partial charge on any atom is -0.420 e. The summed E-state index contributed by atoms with van der Waals surface area (Å²) in [4.78, 5) is 16.2. The fourth-order valence-corrected chi connectivity index (χ4v) is 1.80. The van der Waals surface area contributed by atoms with Crippen molar-refractivity contribution < 1.29 is 18.3 Å². The van der Waals surface area contributed by atoms with Gasteiger partial charge in [0.25, 0.3) is 5.91 Å². The maximum Gasteiger partial charge on any atom is 0.487 e. The number of rotatable bonds is 4. The van der Waals surface area contributed by atoms with E-state index in [0.717, 1.165) is 11.3 Å². The van der Waals surface area contributed by atoms with E-state index >= 15 is 0 Å². The molecule has 4 nitrogen and oxygen atoms in total. The molecule has 2 rings (SSSR count). The van der Waals surface area contributed by atoms with Crippen molar-refractivity contribution in [3.63, 3.8) is 0 Å². The van der Waals surface area contributed by atoms with Crippen molar-refractivity contribution in [3.05, 3.63) is 53.3 Å². The standard InChI is InChI=1S/C15H13ClF2N2O2.C2H6/c1-9-7-11(8-19-10(9)2)14(21)20-12-3-5-13(6-4-12)22-15(16,17)18;1-2/h3-8H,1-2H3,(H,20,21);1-2H3. The minimum atomic E-state index is -3.77. The number of hydrogen-bond acceptors (Lipinski definition) is 3. The van der Waals surface area contributed by atoms with Crippen LogP contribution in [0.4, 0.5) is 14.5 Å². The molecule has 130 valence electrons. The molecule has 24 heavy (non-hydrogen) atoms. The van der Waals surface area contributed by atoms with Gasteiger partial charge in [-0.05, 0) is 49.7 Å². The molecule has 1 N–H and O–H groups in total. The van der Waals surface area contributed by atoms with Crippen LogP contribution in [0.5, 0.6) is 5.75 Å². The second kappa shape index (κ2) is 8.59. The smallest absolute Gasteiger partial charge is 0.420 e. The van der Waals surface area contributed by atoms with Crippen LogP contribution in [0.15, 0.2) is 36.5 Å². The van der Waals surface area contributed by atoms with Crippen molar-refractivity contribution in [3.8, 4) is 5.75 Å². The summed E-state index contributed by atoms with van der Waals surface area (Å²) in [5.41, 5.74) is -1.17. The lowest BCUT2D eigenvalue weighted by molar-refractivity contribution is -0.0964. The molecule has 0 fully saturated rings. The molecular formula is C17H19ClF2N2O2. The van der Waals surface area contributed by atoms with Gasteiger partial charge in [0.1, 0.15) is 5.75 Å². The monoisotopic (exact) mass is 356 g/mol. The van der Waals surface area contributed by atoms with Crippen molar-refractivity contribution in [2.24, 2.45) is 0 Å². The first kappa shape index (κ1) is 19.8. The van der Waals surface area contributed by atoms with Gasteiger partial charge in [-0.15, -0.1) is 8.78 Å². The summed E-state index contributed by atoms with van der Waals surface area (Å²) in [6, 6.07) is 7.16. The summed E-state index contributed by atoms with van der Waals surface area (Å²) >= 11 is 4.67. The minimum absolute atomic E-state index is 0.106. The zero-order valence-corrected chi connectivity index (χ0v) is 14.6. The normalized spacial score (nSPS) is 10.5. The Labute approximate surface area is 144 Å². The second-order valence-electron chi connectivity index (χ2n) is 4.65. The van der Waals surface area contributed by atoms with Crippen LogP contribution in [0.1, 0.15) is 35.5 Å². The Balaban J connectivity index is 0.00000139. The van der Waals surface area contributed by atoms with Crippen LogP contribution in [0, 0.1) is 13.8 Å². The highest BCUT2D eigenvalue weighted by Gasteiger charge is 2.27. The van der Waals surface area contributed by atoms with Gasteiger partial charge in [-0.25, -0.2) is 0 Å². The Morgan fingerprint density at radius 3 is 2.29 bits per heavy atom. The number of anilines is 1. The molecule has 7 heteroatoms. The largest absolute Gasteiger partial charge is 0.487 e. The molecule has 0 saturated carbocycles. The number of pyridine rings is 1. The number of aromatic nitrogens is 1. The van der Waals surface area contributed by atoms with Crippen LogP contribution in [-0.2, 0) is 0 Å². The number of alkyl halides is 3. The van der Waals surface area contributed by atoms with E-state index in [1.807, 2.05) is 27.7 Å². The van der Waals surface area contributed by atoms with Gasteiger partial charge in [-0.2, -0.15) is 0 Å². The van der Waals surface area contributed by atoms with Gasteiger partial charge in [0.05, 0.1) is 5.56 Å². The SMILES string of the molecule is CC.Cc1cc(C(=O)Nc2ccc(OC(F)(F)Cl)cc2)cnc1C. The fraction of sp³-hybridized carbons (Fsp3) is 0.294. The van der Waals surface area contributed by atoms with E-state index in [-0.39, 0.29) is 11.7 Å². The van der Waals surface area contributed by atoms with Crippen LogP contribution in [0.25, 0.3) is 0 Å². The molecule has 0 spiro atoms. The zero-order chi connectivity index (χ0) is 18.3. The van der Waals surface area contributed by atoms with Gasteiger partial charge in [0.2, 0.25) is 0 Å². The quantitative estimate of drug-likeness (QED) is 0.771. The number of carbonyl (C=O) groups excluding carboxylic acids is 1. The highest BCUT2D eigenvalue weighted by molar-refractivity contribution is 6.20. The van der Waals surface area contributed by atoms with E-state index in [1.54, 1.807) is 6.07 Å². The van der Waals surface area contributed by atoms with E-state index in [2.05, 4.69) is 26.6 Å². The maximum atomic E-state index is 12.5. The Hall–Kier alpha value is -2.21. The summed E-state index contributed by atoms with van der Waals surface area (Å²) in [5.74, 6) is -0.446. The van der Waals surface area contributed by atoms with Gasteiger partial charge in [0.15, 0.2) is 0 Å². The molecule has 0 bridgehead atoms. The molecule has 0 atom stereocenters. The van der Waals surface area contributed by atoms with Gasteiger partial charge < -0.3 is 10.1 Å². The summed E-state index contributed by atoms with van der Waals surface area (Å²) in [6.07, 6.45) is 1.48. The van der Waals surface area contributed by atoms with Crippen molar-refractivity contribution >= 4 is 23.2 Å². The van der Waals surface area contributed by atoms with Gasteiger partial charge in [-0.1, -0.05) is 13.8 Å². The molecule has 1 heterocycles. The molecule has 0 aliphatic rings. The molecule has 1 aromatic carbocycles. The maximum absolute atomic E-state index is 12.5. The molecule has 2 aromatic rings. The van der Waals surface area contributed by atoms with E-state index in [4.69, 9.17) is 0 Å². The third-order valence-corrected chi connectivity index (χ3v) is 3.03. The van der Waals surface area contributed by atoms with E-state index in [9.17, 15) is 13.6 Å². The first-order chi connectivity index (χ1) is 11.2. The molecule has 0 aliphatic heterocycles. The number of ether oxygens (including phenoxy) is 1. The molecule has 0 unspecified atom stereocenters. The Morgan fingerprint density at radius 1 is 1.21 bits per heavy atom. The molecule has 0 aliphatic carbocycles. The van der Waals surface area contributed by atoms with Gasteiger partial charge in [0, 0.05) is 29.2 Å². The number of aryl methyl sites for hydroxylation is 2. The highest BCUT2D eigenvalue weighted by atomic mass is 35.5. The van der Waals surface area contributed by atoms with Crippen LogP contribution < -0.4 is 10.1 Å². The van der Waals surface area contributed by atoms with Crippen molar-refractivity contribution in [2.45, 2.75) is 33.3 Å². The van der Waals surface area contributed by atoms with Crippen molar-refractivity contribution in [2.75, 3.05) is 5.32 Å². The Morgan fingerprint density at radius 2 is 1.79 bits per heavy atom. The van der Waals surface area contributed by atoms with Crippen LogP contribution in [0.2, 0.25) is 0 Å². The lowest BCUT2D eigenvalue weighted by Crippen LogP contribution is -2.16. The summed E-state index contributed by atoms with van der Waals surface area (Å²) in [5, 5.41) is 2.64. The average Bonchev–Trinajstić information content (AvgIpc) is 2.52. The first-order valence-corrected chi connectivity index (χ1v) is 7.73. The lowest BCUT2D eigenvalue weighted by Gasteiger charge is -2.11. The van der Waals surface area contributed by atoms with E-state index in [0.29, 0.717) is 11.3 Å². The number of benzene rings is 1. The number of carbonyl (C=O) groups is 1. The predicted molar refractivity (Wildman–Crippen MR) is 90.9 cm³/mol. The van der Waals surface area contributed by atoms with Crippen molar-refractivity contribution in [1.82, 2.24) is 4.98 Å². The van der Waals surface area contributed by atoms with Gasteiger partial charge >= 0.3 is 5.57 Å². The predicted octanol–water partition coefficient (Wildman–Crippen LogP) is 5.14. The molecule has 1 amide bonds. The third kappa shape index (κ3) is 6.12. The van der Waals surface area contributed by atoms with E-state index < -0.39 is 5.57 Å². The Kier molecular flexibility index (Phi) is 7.10. The molecule has 0 radical (unpaired) electrons. The number of halogens is 3. The molecule has 0 saturated heterocycles. The van der Waals surface area contributed by atoms with Crippen LogP contribution in [-0.4, -0.2) is 16.5 Å². The summed E-state index contributed by atoms with van der Waals surface area (Å²) < 4.78 is 29.1. The molecular weight excluding hydrogens is 338 g/mol. The fourth-order valence-electron chi connectivity index (χ4n) is 1.71. The number of amides is 1. The zero-order valence-electron chi connectivity index (χ0n) is 13.9. The first-order valence-electron chi connectivity index (χ1n) is 7.35. The topological polar surface area (TPSA) is 51.2 Å². The number of nitrogens with one attached hydrogen (secondary N) is 1. The van der Waals surface area contributed by atoms with Gasteiger partial charge in [-0.3, -0.25) is 9.78 Å².